The Labute approximate surface area is 79.2 Å². The normalized spacial score (nSPS) is 10.7. The Morgan fingerprint density at radius 3 is 2.86 bits per heavy atom. The van der Waals surface area contributed by atoms with Crippen LogP contribution in [0.5, 0.6) is 0 Å². The molecule has 2 aromatic rings. The molecule has 1 aromatic heterocycles. The standard InChI is InChI=1S/C10H8FNO2/c1-5-2-3-7(11)9-8(5)6(4-12-9)10(13)14/h2-4,12H,1H3,(H,13,14). The molecule has 0 atom stereocenters. The molecule has 0 spiro atoms. The first-order chi connectivity index (χ1) is 6.61. The molecular weight excluding hydrogens is 185 g/mol. The summed E-state index contributed by atoms with van der Waals surface area (Å²) in [7, 11) is 0. The van der Waals surface area contributed by atoms with Crippen LogP contribution in [0.2, 0.25) is 0 Å². The maximum atomic E-state index is 13.2. The number of carboxylic acid groups (broad SMARTS) is 1. The molecular formula is C10H8FNO2. The van der Waals surface area contributed by atoms with Gasteiger partial charge in [0.25, 0.3) is 0 Å². The van der Waals surface area contributed by atoms with Crippen molar-refractivity contribution in [3.63, 3.8) is 0 Å². The van der Waals surface area contributed by atoms with Gasteiger partial charge in [-0.15, -0.1) is 0 Å². The molecule has 0 saturated heterocycles. The van der Waals surface area contributed by atoms with Gasteiger partial charge in [-0.1, -0.05) is 6.07 Å². The SMILES string of the molecule is Cc1ccc(F)c2[nH]cc(C(=O)O)c12. The number of hydrogen-bond donors (Lipinski definition) is 2. The van der Waals surface area contributed by atoms with Gasteiger partial charge >= 0.3 is 5.97 Å². The molecule has 4 heteroatoms. The van der Waals surface area contributed by atoms with Crippen LogP contribution in [0.15, 0.2) is 18.3 Å². The summed E-state index contributed by atoms with van der Waals surface area (Å²) in [4.78, 5) is 13.4. The van der Waals surface area contributed by atoms with Crippen LogP contribution in [0, 0.1) is 12.7 Å². The number of carbonyl (C=O) groups is 1. The molecule has 0 aliphatic carbocycles. The van der Waals surface area contributed by atoms with Gasteiger partial charge in [-0.05, 0) is 18.6 Å². The lowest BCUT2D eigenvalue weighted by Gasteiger charge is -1.98. The van der Waals surface area contributed by atoms with E-state index in [2.05, 4.69) is 4.98 Å². The van der Waals surface area contributed by atoms with E-state index in [0.717, 1.165) is 5.56 Å². The number of aromatic nitrogens is 1. The van der Waals surface area contributed by atoms with Gasteiger partial charge in [0.05, 0.1) is 11.1 Å². The summed E-state index contributed by atoms with van der Waals surface area (Å²) in [5, 5.41) is 9.29. The number of nitrogens with one attached hydrogen (secondary N) is 1. The van der Waals surface area contributed by atoms with Crippen LogP contribution < -0.4 is 0 Å². The number of hydrogen-bond acceptors (Lipinski definition) is 1. The molecule has 0 saturated carbocycles. The number of aryl methyl sites for hydroxylation is 1. The highest BCUT2D eigenvalue weighted by Gasteiger charge is 2.14. The summed E-state index contributed by atoms with van der Waals surface area (Å²) < 4.78 is 13.2. The van der Waals surface area contributed by atoms with Gasteiger partial charge in [0.1, 0.15) is 5.82 Å². The van der Waals surface area contributed by atoms with E-state index in [1.165, 1.54) is 12.3 Å². The van der Waals surface area contributed by atoms with Gasteiger partial charge in [-0.2, -0.15) is 0 Å². The number of benzene rings is 1. The molecule has 2 rings (SSSR count). The summed E-state index contributed by atoms with van der Waals surface area (Å²) in [6, 6.07) is 2.89. The number of H-pyrrole nitrogens is 1. The fourth-order valence-corrected chi connectivity index (χ4v) is 1.55. The maximum absolute atomic E-state index is 13.2. The zero-order valence-electron chi connectivity index (χ0n) is 7.47. The van der Waals surface area contributed by atoms with E-state index >= 15 is 0 Å². The van der Waals surface area contributed by atoms with E-state index in [4.69, 9.17) is 5.11 Å². The molecule has 72 valence electrons. The zero-order chi connectivity index (χ0) is 10.3. The number of halogens is 1. The first kappa shape index (κ1) is 8.74. The molecule has 2 N–H and O–H groups in total. The predicted molar refractivity (Wildman–Crippen MR) is 50.0 cm³/mol. The Kier molecular flexibility index (Phi) is 1.77. The Morgan fingerprint density at radius 1 is 1.50 bits per heavy atom. The molecule has 0 fully saturated rings. The van der Waals surface area contributed by atoms with Crippen molar-refractivity contribution < 1.29 is 14.3 Å². The molecule has 0 unspecified atom stereocenters. The van der Waals surface area contributed by atoms with Crippen LogP contribution in [-0.4, -0.2) is 16.1 Å². The minimum atomic E-state index is -1.05. The Balaban J connectivity index is 2.90. The minimum Gasteiger partial charge on any atom is -0.478 e. The van der Waals surface area contributed by atoms with Gasteiger partial charge in [0.2, 0.25) is 0 Å². The number of aromatic carboxylic acids is 1. The Morgan fingerprint density at radius 2 is 2.21 bits per heavy atom. The predicted octanol–water partition coefficient (Wildman–Crippen LogP) is 2.31. The number of rotatable bonds is 1. The molecule has 14 heavy (non-hydrogen) atoms. The van der Waals surface area contributed by atoms with Crippen LogP contribution in [0.25, 0.3) is 10.9 Å². The highest BCUT2D eigenvalue weighted by Crippen LogP contribution is 2.24. The lowest BCUT2D eigenvalue weighted by atomic mass is 10.1. The third kappa shape index (κ3) is 1.08. The van der Waals surface area contributed by atoms with E-state index in [9.17, 15) is 9.18 Å². The van der Waals surface area contributed by atoms with Gasteiger partial charge in [0, 0.05) is 11.6 Å². The molecule has 0 amide bonds. The molecule has 1 aromatic carbocycles. The molecule has 3 nitrogen and oxygen atoms in total. The summed E-state index contributed by atoms with van der Waals surface area (Å²) in [6.45, 7) is 1.75. The smallest absolute Gasteiger partial charge is 0.337 e. The summed E-state index contributed by atoms with van der Waals surface area (Å²) in [5.41, 5.74) is 1.11. The van der Waals surface area contributed by atoms with Crippen molar-refractivity contribution in [3.05, 3.63) is 35.3 Å². The van der Waals surface area contributed by atoms with E-state index < -0.39 is 11.8 Å². The van der Waals surface area contributed by atoms with Crippen LogP contribution in [-0.2, 0) is 0 Å². The first-order valence-electron chi connectivity index (χ1n) is 4.10. The lowest BCUT2D eigenvalue weighted by Crippen LogP contribution is -1.95. The van der Waals surface area contributed by atoms with E-state index in [1.54, 1.807) is 13.0 Å². The van der Waals surface area contributed by atoms with Gasteiger partial charge in [-0.3, -0.25) is 0 Å². The topological polar surface area (TPSA) is 53.1 Å². The molecule has 1 heterocycles. The second-order valence-corrected chi connectivity index (χ2v) is 3.12. The molecule has 0 bridgehead atoms. The fourth-order valence-electron chi connectivity index (χ4n) is 1.55. The lowest BCUT2D eigenvalue weighted by molar-refractivity contribution is 0.0699. The Bertz CT molecular complexity index is 516. The van der Waals surface area contributed by atoms with Crippen LogP contribution in [0.1, 0.15) is 15.9 Å². The van der Waals surface area contributed by atoms with Crippen molar-refractivity contribution in [3.8, 4) is 0 Å². The van der Waals surface area contributed by atoms with Crippen molar-refractivity contribution in [1.29, 1.82) is 0 Å². The van der Waals surface area contributed by atoms with Gasteiger partial charge in [-0.25, -0.2) is 9.18 Å². The number of fused-ring (bicyclic) bond motifs is 1. The summed E-state index contributed by atoms with van der Waals surface area (Å²) >= 11 is 0. The molecule has 0 radical (unpaired) electrons. The molecule has 0 aliphatic heterocycles. The van der Waals surface area contributed by atoms with Crippen LogP contribution >= 0.6 is 0 Å². The third-order valence-electron chi connectivity index (χ3n) is 2.22. The van der Waals surface area contributed by atoms with Crippen molar-refractivity contribution in [1.82, 2.24) is 4.98 Å². The Hall–Kier alpha value is -1.84. The fraction of sp³-hybridized carbons (Fsp3) is 0.100. The third-order valence-corrected chi connectivity index (χ3v) is 2.22. The van der Waals surface area contributed by atoms with E-state index in [0.29, 0.717) is 5.39 Å². The first-order valence-corrected chi connectivity index (χ1v) is 4.10. The quantitative estimate of drug-likeness (QED) is 0.730. The maximum Gasteiger partial charge on any atom is 0.337 e. The molecule has 0 aliphatic rings. The summed E-state index contributed by atoms with van der Waals surface area (Å²) in [5.74, 6) is -1.48. The minimum absolute atomic E-state index is 0.108. The highest BCUT2D eigenvalue weighted by molar-refractivity contribution is 6.04. The van der Waals surface area contributed by atoms with Crippen molar-refractivity contribution in [2.24, 2.45) is 0 Å². The average molecular weight is 193 g/mol. The van der Waals surface area contributed by atoms with E-state index in [-0.39, 0.29) is 11.1 Å². The second-order valence-electron chi connectivity index (χ2n) is 3.12. The zero-order valence-corrected chi connectivity index (χ0v) is 7.47. The van der Waals surface area contributed by atoms with Crippen LogP contribution in [0.4, 0.5) is 4.39 Å². The second kappa shape index (κ2) is 2.83. The summed E-state index contributed by atoms with van der Waals surface area (Å²) in [6.07, 6.45) is 1.31. The largest absolute Gasteiger partial charge is 0.478 e. The van der Waals surface area contributed by atoms with Crippen molar-refractivity contribution >= 4 is 16.9 Å². The monoisotopic (exact) mass is 193 g/mol. The van der Waals surface area contributed by atoms with Crippen molar-refractivity contribution in [2.75, 3.05) is 0 Å². The number of aromatic amines is 1. The van der Waals surface area contributed by atoms with Gasteiger partial charge in [0.15, 0.2) is 0 Å². The van der Waals surface area contributed by atoms with Crippen molar-refractivity contribution in [2.45, 2.75) is 6.92 Å². The highest BCUT2D eigenvalue weighted by atomic mass is 19.1. The van der Waals surface area contributed by atoms with Gasteiger partial charge < -0.3 is 10.1 Å². The number of carboxylic acids is 1. The average Bonchev–Trinajstić information content (AvgIpc) is 2.56. The van der Waals surface area contributed by atoms with Crippen LogP contribution in [0.3, 0.4) is 0 Å². The van der Waals surface area contributed by atoms with E-state index in [1.807, 2.05) is 0 Å².